The first-order chi connectivity index (χ1) is 26.2. The van der Waals surface area contributed by atoms with Crippen molar-refractivity contribution in [2.24, 2.45) is 0 Å². The Balaban J connectivity index is 1.07. The first-order valence-electron chi connectivity index (χ1n) is 18.7. The summed E-state index contributed by atoms with van der Waals surface area (Å²) < 4.78 is 4.54. The maximum atomic E-state index is 4.79. The molecular weight excluding hydrogens is 657 g/mol. The molecule has 262 valence electrons. The van der Waals surface area contributed by atoms with Gasteiger partial charge in [0.1, 0.15) is 0 Å². The van der Waals surface area contributed by atoms with E-state index in [1.165, 1.54) is 66.4 Å². The molecule has 0 aliphatic rings. The highest BCUT2D eigenvalue weighted by Crippen LogP contribution is 2.38. The molecule has 54 heavy (non-hydrogen) atoms. The van der Waals surface area contributed by atoms with Crippen molar-refractivity contribution >= 4 is 21.8 Å². The fourth-order valence-corrected chi connectivity index (χ4v) is 7.86. The van der Waals surface area contributed by atoms with Gasteiger partial charge in [-0.2, -0.15) is 0 Å². The van der Waals surface area contributed by atoms with Crippen LogP contribution in [-0.2, 0) is 5.41 Å². The van der Waals surface area contributed by atoms with Crippen LogP contribution in [0.4, 0.5) is 0 Å². The van der Waals surface area contributed by atoms with Gasteiger partial charge in [0.25, 0.3) is 0 Å². The number of fused-ring (bicyclic) bond motifs is 3. The summed E-state index contributed by atoms with van der Waals surface area (Å²) in [6, 6.07) is 58.8. The van der Waals surface area contributed by atoms with Crippen LogP contribution in [0.3, 0.4) is 0 Å². The van der Waals surface area contributed by atoms with Crippen molar-refractivity contribution in [1.82, 2.24) is 19.3 Å². The van der Waals surface area contributed by atoms with Crippen molar-refractivity contribution < 1.29 is 0 Å². The lowest BCUT2D eigenvalue weighted by Gasteiger charge is -2.19. The van der Waals surface area contributed by atoms with Gasteiger partial charge in [0.05, 0.1) is 11.0 Å². The highest BCUT2D eigenvalue weighted by molar-refractivity contribution is 6.10. The topological polar surface area (TPSA) is 35.6 Å². The van der Waals surface area contributed by atoms with Gasteiger partial charge in [-0.15, -0.1) is 10.2 Å². The second kappa shape index (κ2) is 13.2. The van der Waals surface area contributed by atoms with Crippen LogP contribution in [0, 0.1) is 13.8 Å². The van der Waals surface area contributed by atoms with Crippen molar-refractivity contribution in [2.75, 3.05) is 0 Å². The van der Waals surface area contributed by atoms with Gasteiger partial charge in [-0.05, 0) is 107 Å². The first kappa shape index (κ1) is 33.3. The molecule has 9 rings (SSSR count). The van der Waals surface area contributed by atoms with E-state index >= 15 is 0 Å². The molecule has 4 nitrogen and oxygen atoms in total. The molecule has 7 aromatic carbocycles. The van der Waals surface area contributed by atoms with Crippen LogP contribution in [0.5, 0.6) is 0 Å². The third-order valence-electron chi connectivity index (χ3n) is 10.7. The second-order valence-corrected chi connectivity index (χ2v) is 15.3. The zero-order valence-electron chi connectivity index (χ0n) is 31.4. The molecule has 0 atom stereocenters. The van der Waals surface area contributed by atoms with Gasteiger partial charge in [-0.1, -0.05) is 136 Å². The van der Waals surface area contributed by atoms with Crippen molar-refractivity contribution in [2.45, 2.75) is 40.0 Å². The smallest absolute Gasteiger partial charge is 0.168 e. The molecule has 0 aliphatic carbocycles. The largest absolute Gasteiger partial charge is 0.309 e. The standard InChI is InChI=1S/C50H42N4/c1-33-30-36(37-24-29-47-45(32-37)44-18-12-13-19-46(44)53(47)40-14-8-6-9-15-40)22-27-42(33)43-28-23-38(31-34(43)2)49-52-51-48(54(49)41-16-10-7-11-17-41)35-20-25-39(26-21-35)50(3,4)5/h6-32H,1-5H3. The van der Waals surface area contributed by atoms with Crippen molar-refractivity contribution in [1.29, 1.82) is 0 Å². The van der Waals surface area contributed by atoms with Crippen LogP contribution < -0.4 is 0 Å². The number of nitrogens with zero attached hydrogens (tertiary/aromatic N) is 4. The lowest BCUT2D eigenvalue weighted by Crippen LogP contribution is -2.10. The van der Waals surface area contributed by atoms with E-state index in [2.05, 4.69) is 201 Å². The van der Waals surface area contributed by atoms with Gasteiger partial charge < -0.3 is 4.57 Å². The molecule has 2 aromatic heterocycles. The molecule has 9 aromatic rings. The minimum absolute atomic E-state index is 0.0779. The fourth-order valence-electron chi connectivity index (χ4n) is 7.86. The SMILES string of the molecule is Cc1cc(-c2ccc3c(c2)c2ccccc2n3-c2ccccc2)ccc1-c1ccc(-c2nnc(-c3ccc(C(C)(C)C)cc3)n2-c2ccccc2)cc1C. The summed E-state index contributed by atoms with van der Waals surface area (Å²) in [6.07, 6.45) is 0. The number of rotatable bonds is 6. The Hall–Kier alpha value is -6.52. The van der Waals surface area contributed by atoms with Crippen molar-refractivity contribution in [3.63, 3.8) is 0 Å². The van der Waals surface area contributed by atoms with Gasteiger partial charge >= 0.3 is 0 Å². The van der Waals surface area contributed by atoms with E-state index in [-0.39, 0.29) is 5.41 Å². The minimum atomic E-state index is 0.0779. The summed E-state index contributed by atoms with van der Waals surface area (Å²) in [5.74, 6) is 1.65. The van der Waals surface area contributed by atoms with Gasteiger partial charge in [0.2, 0.25) is 0 Å². The number of benzene rings is 7. The fraction of sp³-hybridized carbons (Fsp3) is 0.120. The number of hydrogen-bond donors (Lipinski definition) is 0. The average Bonchev–Trinajstić information content (AvgIpc) is 3.78. The van der Waals surface area contributed by atoms with Crippen molar-refractivity contribution in [3.8, 4) is 56.4 Å². The molecule has 0 N–H and O–H groups in total. The van der Waals surface area contributed by atoms with E-state index in [4.69, 9.17) is 10.2 Å². The third kappa shape index (κ3) is 5.81. The zero-order valence-corrected chi connectivity index (χ0v) is 31.4. The van der Waals surface area contributed by atoms with E-state index < -0.39 is 0 Å². The molecule has 2 heterocycles. The lowest BCUT2D eigenvalue weighted by atomic mass is 9.86. The van der Waals surface area contributed by atoms with Gasteiger partial charge in [-0.25, -0.2) is 0 Å². The predicted molar refractivity (Wildman–Crippen MR) is 226 cm³/mol. The molecule has 0 radical (unpaired) electrons. The van der Waals surface area contributed by atoms with Gasteiger partial charge in [0.15, 0.2) is 11.6 Å². The normalized spacial score (nSPS) is 11.8. The van der Waals surface area contributed by atoms with Crippen molar-refractivity contribution in [3.05, 3.63) is 180 Å². The molecule has 0 fully saturated rings. The molecule has 0 bridgehead atoms. The average molecular weight is 699 g/mol. The molecule has 0 saturated carbocycles. The molecule has 0 unspecified atom stereocenters. The summed E-state index contributed by atoms with van der Waals surface area (Å²) in [6.45, 7) is 11.1. The monoisotopic (exact) mass is 698 g/mol. The Morgan fingerprint density at radius 3 is 1.52 bits per heavy atom. The maximum absolute atomic E-state index is 4.79. The number of aromatic nitrogens is 4. The highest BCUT2D eigenvalue weighted by Gasteiger charge is 2.20. The molecule has 4 heteroatoms. The molecule has 0 amide bonds. The highest BCUT2D eigenvalue weighted by atomic mass is 15.3. The number of aryl methyl sites for hydroxylation is 2. The Kier molecular flexibility index (Phi) is 8.12. The Morgan fingerprint density at radius 1 is 0.407 bits per heavy atom. The number of hydrogen-bond acceptors (Lipinski definition) is 2. The summed E-state index contributed by atoms with van der Waals surface area (Å²) in [5.41, 5.74) is 15.4. The minimum Gasteiger partial charge on any atom is -0.309 e. The van der Waals surface area contributed by atoms with Crippen LogP contribution in [0.25, 0.3) is 78.2 Å². The van der Waals surface area contributed by atoms with Crippen LogP contribution in [0.2, 0.25) is 0 Å². The summed E-state index contributed by atoms with van der Waals surface area (Å²) >= 11 is 0. The summed E-state index contributed by atoms with van der Waals surface area (Å²) in [4.78, 5) is 0. The van der Waals surface area contributed by atoms with E-state index in [9.17, 15) is 0 Å². The van der Waals surface area contributed by atoms with E-state index in [0.29, 0.717) is 0 Å². The predicted octanol–water partition coefficient (Wildman–Crippen LogP) is 12.9. The van der Waals surface area contributed by atoms with E-state index in [0.717, 1.165) is 28.5 Å². The Labute approximate surface area is 317 Å². The third-order valence-corrected chi connectivity index (χ3v) is 10.7. The number of para-hydroxylation sites is 3. The lowest BCUT2D eigenvalue weighted by molar-refractivity contribution is 0.590. The van der Waals surface area contributed by atoms with Gasteiger partial charge in [-0.3, -0.25) is 4.57 Å². The maximum Gasteiger partial charge on any atom is 0.168 e. The van der Waals surface area contributed by atoms with Crippen LogP contribution in [-0.4, -0.2) is 19.3 Å². The zero-order chi connectivity index (χ0) is 37.0. The van der Waals surface area contributed by atoms with Crippen LogP contribution >= 0.6 is 0 Å². The second-order valence-electron chi connectivity index (χ2n) is 15.3. The van der Waals surface area contributed by atoms with Crippen LogP contribution in [0.1, 0.15) is 37.5 Å². The summed E-state index contributed by atoms with van der Waals surface area (Å²) in [5, 5.41) is 12.1. The van der Waals surface area contributed by atoms with Crippen LogP contribution in [0.15, 0.2) is 164 Å². The van der Waals surface area contributed by atoms with E-state index in [1.807, 2.05) is 6.07 Å². The quantitative estimate of drug-likeness (QED) is 0.173. The summed E-state index contributed by atoms with van der Waals surface area (Å²) in [7, 11) is 0. The molecule has 0 spiro atoms. The van der Waals surface area contributed by atoms with E-state index in [1.54, 1.807) is 0 Å². The molecular formula is C50H42N4. The van der Waals surface area contributed by atoms with Gasteiger partial charge in [0, 0.05) is 33.3 Å². The molecule has 0 saturated heterocycles. The Bertz CT molecular complexity index is 2800. The first-order valence-corrected chi connectivity index (χ1v) is 18.7. The molecule has 0 aliphatic heterocycles. The Morgan fingerprint density at radius 2 is 0.889 bits per heavy atom.